The molecule has 0 aliphatic rings. The molecule has 0 aliphatic carbocycles. The Morgan fingerprint density at radius 3 is 2.04 bits per heavy atom. The van der Waals surface area contributed by atoms with Crippen LogP contribution in [0.15, 0.2) is 12.7 Å². The maximum Gasteiger partial charge on any atom is 0.518 e. The number of hydrogen-bond acceptors (Lipinski definition) is 7. The lowest BCUT2D eigenvalue weighted by Crippen LogP contribution is -2.64. The van der Waals surface area contributed by atoms with Crippen LogP contribution in [0.25, 0.3) is 0 Å². The van der Waals surface area contributed by atoms with E-state index in [9.17, 15) is 9.90 Å². The number of esters is 1. The van der Waals surface area contributed by atoms with E-state index in [0.717, 1.165) is 6.08 Å². The Morgan fingerprint density at radius 1 is 1.17 bits per heavy atom. The summed E-state index contributed by atoms with van der Waals surface area (Å²) in [4.78, 5) is 11.2. The molecule has 0 radical (unpaired) electrons. The maximum absolute atomic E-state index is 11.2. The standard InChI is InChI=1S/C15H31NO6Si/c1-6-14(16-13(11-17)12-19-15(18)7-2)23(20-8-3,21-9-4)22-10-5/h7,13-14,16-17H,2,6,8-12H2,1,3-5H3. The summed E-state index contributed by atoms with van der Waals surface area (Å²) in [5.74, 6) is -0.527. The predicted molar refractivity (Wildman–Crippen MR) is 89.9 cm³/mol. The van der Waals surface area contributed by atoms with Crippen molar-refractivity contribution in [2.75, 3.05) is 33.0 Å². The minimum absolute atomic E-state index is 0.0344. The first-order valence-electron chi connectivity index (χ1n) is 8.11. The summed E-state index contributed by atoms with van der Waals surface area (Å²) in [6.45, 7) is 12.3. The van der Waals surface area contributed by atoms with Gasteiger partial charge in [-0.1, -0.05) is 13.5 Å². The molecule has 0 saturated heterocycles. The van der Waals surface area contributed by atoms with E-state index in [1.54, 1.807) is 0 Å². The summed E-state index contributed by atoms with van der Waals surface area (Å²) >= 11 is 0. The van der Waals surface area contributed by atoms with Gasteiger partial charge in [-0.3, -0.25) is 0 Å². The van der Waals surface area contributed by atoms with Crippen LogP contribution in [-0.2, 0) is 22.8 Å². The molecule has 2 atom stereocenters. The number of aliphatic hydroxyl groups excluding tert-OH is 1. The Balaban J connectivity index is 5.05. The van der Waals surface area contributed by atoms with E-state index in [1.807, 2.05) is 27.7 Å². The zero-order valence-electron chi connectivity index (χ0n) is 14.7. The number of carbonyl (C=O) groups excluding carboxylic acids is 1. The first-order chi connectivity index (χ1) is 11.0. The summed E-state index contributed by atoms with van der Waals surface area (Å²) in [5.41, 5.74) is -0.207. The van der Waals surface area contributed by atoms with Gasteiger partial charge in [0.05, 0.1) is 18.3 Å². The van der Waals surface area contributed by atoms with E-state index < -0.39 is 20.8 Å². The molecule has 2 unspecified atom stereocenters. The largest absolute Gasteiger partial charge is 0.518 e. The fourth-order valence-electron chi connectivity index (χ4n) is 2.18. The van der Waals surface area contributed by atoms with Crippen LogP contribution in [0.3, 0.4) is 0 Å². The number of rotatable bonds is 14. The molecule has 136 valence electrons. The van der Waals surface area contributed by atoms with Crippen molar-refractivity contribution in [2.24, 2.45) is 0 Å². The van der Waals surface area contributed by atoms with Crippen molar-refractivity contribution < 1.29 is 27.9 Å². The first kappa shape index (κ1) is 22.2. The van der Waals surface area contributed by atoms with E-state index in [2.05, 4.69) is 11.9 Å². The van der Waals surface area contributed by atoms with Gasteiger partial charge in [-0.05, 0) is 27.2 Å². The highest BCUT2D eigenvalue weighted by Gasteiger charge is 2.49. The van der Waals surface area contributed by atoms with Gasteiger partial charge in [0.15, 0.2) is 0 Å². The third-order valence-electron chi connectivity index (χ3n) is 3.12. The average Bonchev–Trinajstić information content (AvgIpc) is 2.55. The van der Waals surface area contributed by atoms with Crippen molar-refractivity contribution in [3.63, 3.8) is 0 Å². The summed E-state index contributed by atoms with van der Waals surface area (Å²) in [5, 5.41) is 12.8. The summed E-state index contributed by atoms with van der Waals surface area (Å²) < 4.78 is 22.6. The highest BCUT2D eigenvalue weighted by molar-refractivity contribution is 6.62. The molecule has 0 aromatic carbocycles. The molecule has 0 aromatic rings. The van der Waals surface area contributed by atoms with E-state index in [-0.39, 0.29) is 18.9 Å². The SMILES string of the molecule is C=CC(=O)OCC(CO)NC(CC)[Si](OCC)(OCC)OCC. The Labute approximate surface area is 140 Å². The summed E-state index contributed by atoms with van der Waals surface area (Å²) in [6.07, 6.45) is 1.78. The van der Waals surface area contributed by atoms with E-state index in [4.69, 9.17) is 18.0 Å². The monoisotopic (exact) mass is 349 g/mol. The molecule has 8 heteroatoms. The highest BCUT2D eigenvalue weighted by Crippen LogP contribution is 2.18. The Kier molecular flexibility index (Phi) is 12.2. The molecule has 7 nitrogen and oxygen atoms in total. The minimum atomic E-state index is -2.95. The summed E-state index contributed by atoms with van der Waals surface area (Å²) in [7, 11) is -2.95. The lowest BCUT2D eigenvalue weighted by Gasteiger charge is -2.36. The smallest absolute Gasteiger partial charge is 0.461 e. The Bertz CT molecular complexity index is 325. The molecule has 0 aliphatic heterocycles. The first-order valence-corrected chi connectivity index (χ1v) is 9.91. The molecule has 0 amide bonds. The second-order valence-corrected chi connectivity index (χ2v) is 7.51. The second kappa shape index (κ2) is 12.6. The van der Waals surface area contributed by atoms with E-state index in [1.165, 1.54) is 0 Å². The molecule has 0 bridgehead atoms. The number of carbonyl (C=O) groups is 1. The van der Waals surface area contributed by atoms with Gasteiger partial charge < -0.3 is 28.4 Å². The lowest BCUT2D eigenvalue weighted by molar-refractivity contribution is -0.138. The lowest BCUT2D eigenvalue weighted by atomic mass is 10.3. The number of hydrogen-bond donors (Lipinski definition) is 2. The predicted octanol–water partition coefficient (Wildman–Crippen LogP) is 1.03. The molecule has 0 rings (SSSR count). The maximum atomic E-state index is 11.2. The Morgan fingerprint density at radius 2 is 1.70 bits per heavy atom. The van der Waals surface area contributed by atoms with Gasteiger partial charge in [-0.15, -0.1) is 0 Å². The number of ether oxygens (including phenoxy) is 1. The molecular formula is C15H31NO6Si. The van der Waals surface area contributed by atoms with Crippen LogP contribution >= 0.6 is 0 Å². The van der Waals surface area contributed by atoms with Gasteiger partial charge in [0.25, 0.3) is 0 Å². The zero-order chi connectivity index (χ0) is 17.7. The van der Waals surface area contributed by atoms with Crippen LogP contribution in [0.2, 0.25) is 0 Å². The third kappa shape index (κ3) is 7.56. The van der Waals surface area contributed by atoms with Gasteiger partial charge >= 0.3 is 14.8 Å². The quantitative estimate of drug-likeness (QED) is 0.275. The summed E-state index contributed by atoms with van der Waals surface area (Å²) in [6, 6.07) is -0.433. The van der Waals surface area contributed by atoms with Gasteiger partial charge in [-0.25, -0.2) is 4.79 Å². The van der Waals surface area contributed by atoms with Crippen LogP contribution < -0.4 is 5.32 Å². The van der Waals surface area contributed by atoms with E-state index in [0.29, 0.717) is 26.2 Å². The number of nitrogens with one attached hydrogen (secondary N) is 1. The van der Waals surface area contributed by atoms with Gasteiger partial charge in [0, 0.05) is 25.9 Å². The molecule has 23 heavy (non-hydrogen) atoms. The van der Waals surface area contributed by atoms with Crippen LogP contribution in [0, 0.1) is 0 Å². The fraction of sp³-hybridized carbons (Fsp3) is 0.800. The topological polar surface area (TPSA) is 86.3 Å². The van der Waals surface area contributed by atoms with Crippen molar-refractivity contribution in [1.82, 2.24) is 5.32 Å². The van der Waals surface area contributed by atoms with Crippen molar-refractivity contribution >= 4 is 14.8 Å². The van der Waals surface area contributed by atoms with E-state index >= 15 is 0 Å². The molecule has 0 spiro atoms. The van der Waals surface area contributed by atoms with Gasteiger partial charge in [0.2, 0.25) is 0 Å². The van der Waals surface area contributed by atoms with Crippen molar-refractivity contribution in [2.45, 2.75) is 45.8 Å². The highest BCUT2D eigenvalue weighted by atomic mass is 28.4. The Hall–Kier alpha value is -0.773. The van der Waals surface area contributed by atoms with Crippen molar-refractivity contribution in [3.8, 4) is 0 Å². The molecule has 0 saturated carbocycles. The van der Waals surface area contributed by atoms with Crippen molar-refractivity contribution in [1.29, 1.82) is 0 Å². The molecular weight excluding hydrogens is 318 g/mol. The fourth-order valence-corrected chi connectivity index (χ4v) is 5.18. The van der Waals surface area contributed by atoms with Crippen molar-refractivity contribution in [3.05, 3.63) is 12.7 Å². The normalized spacial score (nSPS) is 14.3. The average molecular weight is 350 g/mol. The van der Waals surface area contributed by atoms with Crippen LogP contribution in [0.5, 0.6) is 0 Å². The molecule has 0 fully saturated rings. The van der Waals surface area contributed by atoms with Gasteiger partial charge in [-0.2, -0.15) is 0 Å². The third-order valence-corrected chi connectivity index (χ3v) is 6.62. The molecule has 2 N–H and O–H groups in total. The van der Waals surface area contributed by atoms with Crippen LogP contribution in [0.1, 0.15) is 34.1 Å². The number of aliphatic hydroxyl groups is 1. The minimum Gasteiger partial charge on any atom is -0.461 e. The van der Waals surface area contributed by atoms with Gasteiger partial charge in [0.1, 0.15) is 6.61 Å². The molecule has 0 aromatic heterocycles. The molecule has 0 heterocycles. The second-order valence-electron chi connectivity index (χ2n) is 4.74. The van der Waals surface area contributed by atoms with Crippen LogP contribution in [0.4, 0.5) is 0 Å². The zero-order valence-corrected chi connectivity index (χ0v) is 15.7. The van der Waals surface area contributed by atoms with Crippen LogP contribution in [-0.4, -0.2) is 64.6 Å².